The molecule has 0 saturated carbocycles. The summed E-state index contributed by atoms with van der Waals surface area (Å²) in [6, 6.07) is 15.5. The summed E-state index contributed by atoms with van der Waals surface area (Å²) in [5, 5.41) is 11.3. The van der Waals surface area contributed by atoms with Gasteiger partial charge in [-0.1, -0.05) is 42.1 Å². The maximum Gasteiger partial charge on any atom is 0.230 e. The Kier molecular flexibility index (Phi) is 6.85. The Morgan fingerprint density at radius 2 is 1.89 bits per heavy atom. The van der Waals surface area contributed by atoms with Crippen molar-refractivity contribution in [2.45, 2.75) is 11.6 Å². The molecule has 28 heavy (non-hydrogen) atoms. The summed E-state index contributed by atoms with van der Waals surface area (Å²) in [6.07, 6.45) is 0.424. The number of nitrogens with zero attached hydrogens (tertiary/aromatic N) is 3. The molecule has 0 spiro atoms. The molecule has 3 rings (SSSR count). The van der Waals surface area contributed by atoms with E-state index in [-0.39, 0.29) is 17.5 Å². The van der Waals surface area contributed by atoms with Gasteiger partial charge in [0.2, 0.25) is 11.1 Å². The van der Waals surface area contributed by atoms with Crippen LogP contribution in [0, 0.1) is 5.82 Å². The Morgan fingerprint density at radius 3 is 2.64 bits per heavy atom. The van der Waals surface area contributed by atoms with Gasteiger partial charge in [-0.2, -0.15) is 0 Å². The fraction of sp³-hybridized carbons (Fsp3) is 0.211. The average Bonchev–Trinajstić information content (AvgIpc) is 3.06. The minimum Gasteiger partial charge on any atom is -0.492 e. The molecule has 3 N–H and O–H groups in total. The largest absolute Gasteiger partial charge is 0.492 e. The molecule has 0 saturated heterocycles. The number of benzene rings is 2. The van der Waals surface area contributed by atoms with Crippen molar-refractivity contribution < 1.29 is 13.9 Å². The maximum absolute atomic E-state index is 13.0. The predicted molar refractivity (Wildman–Crippen MR) is 105 cm³/mol. The number of nitrogens with two attached hydrogens (primary N) is 1. The molecule has 0 aliphatic heterocycles. The summed E-state index contributed by atoms with van der Waals surface area (Å²) < 4.78 is 19.8. The van der Waals surface area contributed by atoms with Crippen LogP contribution in [0.5, 0.6) is 5.75 Å². The van der Waals surface area contributed by atoms with E-state index in [4.69, 9.17) is 10.6 Å². The van der Waals surface area contributed by atoms with E-state index in [0.717, 1.165) is 11.3 Å². The molecule has 0 unspecified atom stereocenters. The first-order valence-corrected chi connectivity index (χ1v) is 9.61. The molecule has 2 aromatic carbocycles. The number of amides is 1. The lowest BCUT2D eigenvalue weighted by Gasteiger charge is -2.07. The number of halogens is 1. The van der Waals surface area contributed by atoms with Crippen LogP contribution in [0.1, 0.15) is 11.4 Å². The molecule has 0 aliphatic rings. The van der Waals surface area contributed by atoms with Crippen molar-refractivity contribution in [1.29, 1.82) is 0 Å². The lowest BCUT2D eigenvalue weighted by atomic mass is 10.1. The first kappa shape index (κ1) is 19.7. The highest BCUT2D eigenvalue weighted by atomic mass is 32.2. The Morgan fingerprint density at radius 1 is 1.14 bits per heavy atom. The molecule has 1 amide bonds. The second-order valence-corrected chi connectivity index (χ2v) is 6.81. The Labute approximate surface area is 166 Å². The third-order valence-electron chi connectivity index (χ3n) is 3.78. The van der Waals surface area contributed by atoms with Crippen molar-refractivity contribution in [1.82, 2.24) is 20.2 Å². The number of ether oxygens (including phenoxy) is 1. The van der Waals surface area contributed by atoms with Crippen LogP contribution < -0.4 is 15.9 Å². The standard InChI is InChI=1S/C19H20FN5O2S/c20-15-8-6-14(7-9-15)12-17-23-24-19(25(17)21)28-13-18(26)22-10-11-27-16-4-2-1-3-5-16/h1-9H,10-13,21H2,(H,22,26). The van der Waals surface area contributed by atoms with Crippen LogP contribution in [0.4, 0.5) is 4.39 Å². The molecule has 7 nitrogen and oxygen atoms in total. The average molecular weight is 401 g/mol. The van der Waals surface area contributed by atoms with E-state index < -0.39 is 0 Å². The molecule has 1 heterocycles. The smallest absolute Gasteiger partial charge is 0.230 e. The molecule has 1 aromatic heterocycles. The van der Waals surface area contributed by atoms with Gasteiger partial charge in [0.15, 0.2) is 5.82 Å². The highest BCUT2D eigenvalue weighted by Crippen LogP contribution is 2.16. The Bertz CT molecular complexity index is 902. The molecule has 0 aliphatic carbocycles. The van der Waals surface area contributed by atoms with E-state index in [1.165, 1.54) is 28.6 Å². The first-order chi connectivity index (χ1) is 13.6. The number of carbonyl (C=O) groups is 1. The number of para-hydroxylation sites is 1. The second-order valence-electron chi connectivity index (χ2n) is 5.87. The third-order valence-corrected chi connectivity index (χ3v) is 4.72. The second kappa shape index (κ2) is 9.75. The van der Waals surface area contributed by atoms with Crippen molar-refractivity contribution in [2.75, 3.05) is 24.7 Å². The van der Waals surface area contributed by atoms with Gasteiger partial charge in [0, 0.05) is 6.42 Å². The van der Waals surface area contributed by atoms with Crippen LogP contribution in [0.15, 0.2) is 59.8 Å². The van der Waals surface area contributed by atoms with Crippen molar-refractivity contribution >= 4 is 17.7 Å². The van der Waals surface area contributed by atoms with E-state index in [0.29, 0.717) is 30.6 Å². The van der Waals surface area contributed by atoms with Crippen LogP contribution in [0.25, 0.3) is 0 Å². The van der Waals surface area contributed by atoms with Crippen LogP contribution >= 0.6 is 11.8 Å². The summed E-state index contributed by atoms with van der Waals surface area (Å²) in [5.74, 6) is 7.01. The summed E-state index contributed by atoms with van der Waals surface area (Å²) in [7, 11) is 0. The minimum absolute atomic E-state index is 0.148. The topological polar surface area (TPSA) is 95.1 Å². The summed E-state index contributed by atoms with van der Waals surface area (Å²) in [6.45, 7) is 0.786. The first-order valence-electron chi connectivity index (χ1n) is 8.63. The van der Waals surface area contributed by atoms with Gasteiger partial charge in [-0.15, -0.1) is 10.2 Å². The number of rotatable bonds is 9. The van der Waals surface area contributed by atoms with Crippen LogP contribution in [-0.2, 0) is 11.2 Å². The van der Waals surface area contributed by atoms with Gasteiger partial charge in [0.05, 0.1) is 12.3 Å². The van der Waals surface area contributed by atoms with Crippen LogP contribution in [0.3, 0.4) is 0 Å². The lowest BCUT2D eigenvalue weighted by molar-refractivity contribution is -0.118. The summed E-state index contributed by atoms with van der Waals surface area (Å²) in [5.41, 5.74) is 0.869. The van der Waals surface area contributed by atoms with Crippen molar-refractivity contribution in [3.8, 4) is 5.75 Å². The molecule has 9 heteroatoms. The number of hydrogen-bond acceptors (Lipinski definition) is 6. The van der Waals surface area contributed by atoms with Crippen LogP contribution in [0.2, 0.25) is 0 Å². The van der Waals surface area contributed by atoms with Gasteiger partial charge in [0.1, 0.15) is 18.2 Å². The van der Waals surface area contributed by atoms with Gasteiger partial charge in [-0.25, -0.2) is 9.07 Å². The number of carbonyl (C=O) groups excluding carboxylic acids is 1. The summed E-state index contributed by atoms with van der Waals surface area (Å²) >= 11 is 1.19. The summed E-state index contributed by atoms with van der Waals surface area (Å²) in [4.78, 5) is 11.9. The molecular formula is C19H20FN5O2S. The SMILES string of the molecule is Nn1c(Cc2ccc(F)cc2)nnc1SCC(=O)NCCOc1ccccc1. The molecule has 146 valence electrons. The third kappa shape index (κ3) is 5.71. The van der Waals surface area contributed by atoms with Gasteiger partial charge in [-0.05, 0) is 29.8 Å². The zero-order valence-corrected chi connectivity index (χ0v) is 15.9. The number of nitrogens with one attached hydrogen (secondary N) is 1. The predicted octanol–water partition coefficient (Wildman–Crippen LogP) is 2.01. The van der Waals surface area contributed by atoms with E-state index in [1.54, 1.807) is 12.1 Å². The number of aromatic nitrogens is 3. The molecule has 0 bridgehead atoms. The molecule has 0 fully saturated rings. The van der Waals surface area contributed by atoms with Crippen molar-refractivity contribution in [3.63, 3.8) is 0 Å². The Balaban J connectivity index is 1.41. The Hall–Kier alpha value is -3.07. The molecular weight excluding hydrogens is 381 g/mol. The fourth-order valence-corrected chi connectivity index (χ4v) is 3.07. The highest BCUT2D eigenvalue weighted by molar-refractivity contribution is 7.99. The molecule has 0 atom stereocenters. The van der Waals surface area contributed by atoms with Crippen molar-refractivity contribution in [3.05, 3.63) is 71.8 Å². The number of thioether (sulfide) groups is 1. The fourth-order valence-electron chi connectivity index (χ4n) is 2.37. The normalized spacial score (nSPS) is 10.6. The van der Waals surface area contributed by atoms with Gasteiger partial charge < -0.3 is 15.9 Å². The van der Waals surface area contributed by atoms with Gasteiger partial charge in [0.25, 0.3) is 0 Å². The van der Waals surface area contributed by atoms with E-state index in [1.807, 2.05) is 30.3 Å². The van der Waals surface area contributed by atoms with Crippen LogP contribution in [-0.4, -0.2) is 39.7 Å². The van der Waals surface area contributed by atoms with E-state index in [9.17, 15) is 9.18 Å². The number of hydrogen-bond donors (Lipinski definition) is 2. The minimum atomic E-state index is -0.297. The quantitative estimate of drug-likeness (QED) is 0.324. The van der Waals surface area contributed by atoms with E-state index in [2.05, 4.69) is 15.5 Å². The zero-order chi connectivity index (χ0) is 19.8. The molecule has 3 aromatic rings. The van der Waals surface area contributed by atoms with E-state index >= 15 is 0 Å². The molecule has 0 radical (unpaired) electrons. The highest BCUT2D eigenvalue weighted by Gasteiger charge is 2.12. The van der Waals surface area contributed by atoms with Gasteiger partial charge in [-0.3, -0.25) is 4.79 Å². The lowest BCUT2D eigenvalue weighted by Crippen LogP contribution is -2.29. The van der Waals surface area contributed by atoms with Gasteiger partial charge >= 0.3 is 0 Å². The zero-order valence-electron chi connectivity index (χ0n) is 15.0. The van der Waals surface area contributed by atoms with Crippen molar-refractivity contribution in [2.24, 2.45) is 0 Å². The maximum atomic E-state index is 13.0. The monoisotopic (exact) mass is 401 g/mol. The number of nitrogen functional groups attached to an aromatic ring is 1.